The third-order valence-corrected chi connectivity index (χ3v) is 5.86. The highest BCUT2D eigenvalue weighted by Crippen LogP contribution is 2.31. The molecule has 3 unspecified atom stereocenters. The van der Waals surface area contributed by atoms with Gasteiger partial charge in [0.05, 0.1) is 19.0 Å². The molecule has 1 radical (unpaired) electrons. The van der Waals surface area contributed by atoms with E-state index in [1.165, 1.54) is 11.3 Å². The Morgan fingerprint density at radius 1 is 1.15 bits per heavy atom. The van der Waals surface area contributed by atoms with Crippen molar-refractivity contribution in [3.05, 3.63) is 6.42 Å². The first kappa shape index (κ1) is 19.6. The number of likely N-dealkylation sites (N-methyl/N-ethyl adjacent to an activating group) is 1. The lowest BCUT2D eigenvalue weighted by atomic mass is 10.0. The average molecular weight is 378 g/mol. The van der Waals surface area contributed by atoms with Gasteiger partial charge in [-0.25, -0.2) is 4.79 Å². The molecule has 0 aromatic rings. The molecule has 9 nitrogen and oxygen atoms in total. The number of likely N-dealkylation sites (tertiary alicyclic amines) is 2. The van der Waals surface area contributed by atoms with E-state index in [9.17, 15) is 19.2 Å². The molecule has 2 N–H and O–H groups in total. The fourth-order valence-corrected chi connectivity index (χ4v) is 4.02. The number of urea groups is 1. The molecule has 0 spiro atoms. The molecule has 3 atom stereocenters. The van der Waals surface area contributed by atoms with E-state index in [0.717, 1.165) is 13.1 Å². The minimum atomic E-state index is -0.575. The van der Waals surface area contributed by atoms with Crippen LogP contribution in [0.1, 0.15) is 19.8 Å². The molecule has 3 rings (SSSR count). The molecule has 0 aromatic heterocycles. The van der Waals surface area contributed by atoms with E-state index in [1.54, 1.807) is 16.7 Å². The van der Waals surface area contributed by atoms with Crippen LogP contribution in [0.25, 0.3) is 0 Å². The van der Waals surface area contributed by atoms with Crippen LogP contribution in [0.2, 0.25) is 0 Å². The zero-order chi connectivity index (χ0) is 19.7. The lowest BCUT2D eigenvalue weighted by Crippen LogP contribution is -2.53. The zero-order valence-corrected chi connectivity index (χ0v) is 16.0. The summed E-state index contributed by atoms with van der Waals surface area (Å²) in [6.45, 7) is 5.10. The Balaban J connectivity index is 1.61. The molecule has 3 aliphatic rings. The van der Waals surface area contributed by atoms with Crippen molar-refractivity contribution in [3.8, 4) is 0 Å². The standard InChI is InChI=1S/C18H28N5O4/c1-12(17(19)26)3-4-15(25)22-6-5-13-16(22)14(24)11-23(13)18(27)21-9-7-20(2)8-10-21/h4,12-13,16H,3,5-11H2,1-2H3,(H2,19,26). The Morgan fingerprint density at radius 2 is 1.81 bits per heavy atom. The van der Waals surface area contributed by atoms with Gasteiger partial charge in [0.15, 0.2) is 5.78 Å². The number of Topliss-reactive ketones (excluding diaryl/α,β-unsaturated/α-hetero) is 1. The van der Waals surface area contributed by atoms with E-state index in [-0.39, 0.29) is 36.7 Å². The van der Waals surface area contributed by atoms with Gasteiger partial charge in [0, 0.05) is 38.6 Å². The Hall–Kier alpha value is -2.16. The molecule has 149 valence electrons. The number of hydrogen-bond donors (Lipinski definition) is 1. The smallest absolute Gasteiger partial charge is 0.320 e. The van der Waals surface area contributed by atoms with E-state index in [0.29, 0.717) is 26.1 Å². The van der Waals surface area contributed by atoms with Gasteiger partial charge in [-0.1, -0.05) is 6.92 Å². The molecule has 3 heterocycles. The quantitative estimate of drug-likeness (QED) is 0.670. The largest absolute Gasteiger partial charge is 0.369 e. The Kier molecular flexibility index (Phi) is 5.69. The van der Waals surface area contributed by atoms with Gasteiger partial charge < -0.3 is 25.3 Å². The maximum absolute atomic E-state index is 12.9. The SMILES string of the molecule is CC(C[CH]C(=O)N1CCC2C1C(=O)CN2C(=O)N1CCN(C)CC1)C(N)=O. The van der Waals surface area contributed by atoms with Crippen LogP contribution in [-0.4, -0.2) is 102 Å². The van der Waals surface area contributed by atoms with Crippen LogP contribution in [0.4, 0.5) is 4.79 Å². The highest BCUT2D eigenvalue weighted by atomic mass is 16.2. The lowest BCUT2D eigenvalue weighted by Gasteiger charge is -2.36. The number of carbonyl (C=O) groups is 4. The van der Waals surface area contributed by atoms with Crippen LogP contribution in [-0.2, 0) is 14.4 Å². The number of carbonyl (C=O) groups excluding carboxylic acids is 4. The van der Waals surface area contributed by atoms with Crippen LogP contribution < -0.4 is 5.73 Å². The van der Waals surface area contributed by atoms with Crippen LogP contribution >= 0.6 is 0 Å². The van der Waals surface area contributed by atoms with Crippen LogP contribution in [0.3, 0.4) is 0 Å². The van der Waals surface area contributed by atoms with Crippen molar-refractivity contribution in [2.75, 3.05) is 46.3 Å². The number of rotatable bonds is 4. The van der Waals surface area contributed by atoms with E-state index in [4.69, 9.17) is 5.73 Å². The monoisotopic (exact) mass is 378 g/mol. The van der Waals surface area contributed by atoms with Gasteiger partial charge in [-0.15, -0.1) is 0 Å². The molecular formula is C18H28N5O4. The third kappa shape index (κ3) is 3.92. The number of hydrogen-bond acceptors (Lipinski definition) is 5. The Bertz CT molecular complexity index is 631. The number of primary amides is 1. The van der Waals surface area contributed by atoms with Gasteiger partial charge in [-0.2, -0.15) is 0 Å². The second-order valence-corrected chi connectivity index (χ2v) is 7.74. The molecule has 0 saturated carbocycles. The van der Waals surface area contributed by atoms with E-state index in [1.807, 2.05) is 7.05 Å². The molecular weight excluding hydrogens is 350 g/mol. The van der Waals surface area contributed by atoms with Crippen molar-refractivity contribution in [2.24, 2.45) is 11.7 Å². The summed E-state index contributed by atoms with van der Waals surface area (Å²) in [5.74, 6) is -1.25. The predicted molar refractivity (Wildman–Crippen MR) is 97.4 cm³/mol. The summed E-state index contributed by atoms with van der Waals surface area (Å²) in [7, 11) is 2.02. The first-order valence-electron chi connectivity index (χ1n) is 9.49. The molecule has 27 heavy (non-hydrogen) atoms. The number of nitrogens with zero attached hydrogens (tertiary/aromatic N) is 4. The summed E-state index contributed by atoms with van der Waals surface area (Å²) in [6, 6.07) is -0.936. The fourth-order valence-electron chi connectivity index (χ4n) is 4.02. The normalized spacial score (nSPS) is 27.0. The van der Waals surface area contributed by atoms with Gasteiger partial charge in [0.25, 0.3) is 0 Å². The van der Waals surface area contributed by atoms with E-state index >= 15 is 0 Å². The summed E-state index contributed by atoms with van der Waals surface area (Å²) >= 11 is 0. The summed E-state index contributed by atoms with van der Waals surface area (Å²) < 4.78 is 0. The van der Waals surface area contributed by atoms with Crippen molar-refractivity contribution in [3.63, 3.8) is 0 Å². The summed E-state index contributed by atoms with van der Waals surface area (Å²) in [6.07, 6.45) is 2.27. The average Bonchev–Trinajstić information content (AvgIpc) is 3.21. The van der Waals surface area contributed by atoms with Crippen molar-refractivity contribution in [1.82, 2.24) is 19.6 Å². The van der Waals surface area contributed by atoms with Gasteiger partial charge in [0.2, 0.25) is 11.8 Å². The maximum atomic E-state index is 12.9. The van der Waals surface area contributed by atoms with E-state index < -0.39 is 17.9 Å². The molecule has 3 aliphatic heterocycles. The minimum absolute atomic E-state index is 0.0575. The highest BCUT2D eigenvalue weighted by Gasteiger charge is 2.52. The Labute approximate surface area is 159 Å². The molecule has 0 aromatic carbocycles. The molecule has 4 amide bonds. The van der Waals surface area contributed by atoms with Gasteiger partial charge >= 0.3 is 6.03 Å². The molecule has 3 fully saturated rings. The second-order valence-electron chi connectivity index (χ2n) is 7.74. The second kappa shape index (κ2) is 7.84. The van der Waals surface area contributed by atoms with Crippen LogP contribution in [0, 0.1) is 12.3 Å². The van der Waals surface area contributed by atoms with Crippen LogP contribution in [0.5, 0.6) is 0 Å². The molecule has 0 bridgehead atoms. The Morgan fingerprint density at radius 3 is 2.44 bits per heavy atom. The van der Waals surface area contributed by atoms with Gasteiger partial charge in [-0.3, -0.25) is 14.4 Å². The topological polar surface area (TPSA) is 107 Å². The lowest BCUT2D eigenvalue weighted by molar-refractivity contribution is -0.133. The van der Waals surface area contributed by atoms with Crippen molar-refractivity contribution >= 4 is 23.6 Å². The summed E-state index contributed by atoms with van der Waals surface area (Å²) in [5, 5.41) is 0. The third-order valence-electron chi connectivity index (χ3n) is 5.86. The van der Waals surface area contributed by atoms with Crippen molar-refractivity contribution < 1.29 is 19.2 Å². The number of amides is 4. The molecule has 9 heteroatoms. The zero-order valence-electron chi connectivity index (χ0n) is 16.0. The van der Waals surface area contributed by atoms with Gasteiger partial charge in [0.1, 0.15) is 6.04 Å². The first-order chi connectivity index (χ1) is 12.8. The van der Waals surface area contributed by atoms with Crippen molar-refractivity contribution in [1.29, 1.82) is 0 Å². The summed E-state index contributed by atoms with van der Waals surface area (Å²) in [4.78, 5) is 56.2. The number of nitrogens with two attached hydrogens (primary N) is 1. The molecule has 3 saturated heterocycles. The number of ketones is 1. The van der Waals surface area contributed by atoms with Crippen LogP contribution in [0.15, 0.2) is 0 Å². The first-order valence-corrected chi connectivity index (χ1v) is 9.49. The van der Waals surface area contributed by atoms with Crippen molar-refractivity contribution in [2.45, 2.75) is 31.8 Å². The maximum Gasteiger partial charge on any atom is 0.320 e. The fraction of sp³-hybridized carbons (Fsp3) is 0.722. The van der Waals surface area contributed by atoms with Gasteiger partial charge in [-0.05, 0) is 19.9 Å². The summed E-state index contributed by atoms with van der Waals surface area (Å²) in [5.41, 5.74) is 5.22. The number of piperazine rings is 1. The number of fused-ring (bicyclic) bond motifs is 1. The highest BCUT2D eigenvalue weighted by molar-refractivity contribution is 5.98. The minimum Gasteiger partial charge on any atom is -0.369 e. The van der Waals surface area contributed by atoms with E-state index in [2.05, 4.69) is 4.90 Å². The predicted octanol–water partition coefficient (Wildman–Crippen LogP) is -1.08. The molecule has 0 aliphatic carbocycles.